The molecule has 1 rings (SSSR count). The molecule has 1 N–H and O–H groups in total. The number of sulfonamides is 1. The molecule has 0 spiro atoms. The maximum Gasteiger partial charge on any atom is 0.246 e. The second-order valence-corrected chi connectivity index (χ2v) is 7.70. The van der Waals surface area contributed by atoms with E-state index >= 15 is 0 Å². The molecule has 6 nitrogen and oxygen atoms in total. The minimum atomic E-state index is -3.50. The van der Waals surface area contributed by atoms with Gasteiger partial charge in [0, 0.05) is 19.6 Å². The van der Waals surface area contributed by atoms with Crippen LogP contribution >= 0.6 is 0 Å². The summed E-state index contributed by atoms with van der Waals surface area (Å²) in [6.07, 6.45) is 0. The monoisotopic (exact) mass is 302 g/mol. The van der Waals surface area contributed by atoms with Crippen LogP contribution in [-0.4, -0.2) is 61.5 Å². The van der Waals surface area contributed by atoms with E-state index in [4.69, 9.17) is 0 Å². The van der Waals surface area contributed by atoms with Gasteiger partial charge in [0.1, 0.15) is 4.90 Å². The van der Waals surface area contributed by atoms with Crippen LogP contribution in [0.15, 0.2) is 4.90 Å². The molecule has 1 aromatic rings. The lowest BCUT2D eigenvalue weighted by Gasteiger charge is -2.25. The third-order valence-corrected chi connectivity index (χ3v) is 5.15. The van der Waals surface area contributed by atoms with Gasteiger partial charge in [0.2, 0.25) is 10.0 Å². The van der Waals surface area contributed by atoms with Crippen molar-refractivity contribution in [3.63, 3.8) is 0 Å². The predicted molar refractivity (Wildman–Crippen MR) is 80.2 cm³/mol. The van der Waals surface area contributed by atoms with Crippen LogP contribution in [0.3, 0.4) is 0 Å². The molecule has 1 aromatic heterocycles. The highest BCUT2D eigenvalue weighted by Crippen LogP contribution is 2.22. The average Bonchev–Trinajstić information content (AvgIpc) is 2.63. The smallest absolute Gasteiger partial charge is 0.246 e. The number of aryl methyl sites for hydroxylation is 2. The number of aromatic nitrogens is 2. The number of hydrogen-bond donors (Lipinski definition) is 1. The van der Waals surface area contributed by atoms with Crippen molar-refractivity contribution in [3.8, 4) is 0 Å². The molecule has 1 heterocycles. The highest BCUT2D eigenvalue weighted by Gasteiger charge is 2.29. The highest BCUT2D eigenvalue weighted by molar-refractivity contribution is 7.89. The molecule has 0 aliphatic carbocycles. The largest absolute Gasteiger partial charge is 0.308 e. The first kappa shape index (κ1) is 17.1. The van der Waals surface area contributed by atoms with Crippen LogP contribution in [0.4, 0.5) is 0 Å². The van der Waals surface area contributed by atoms with Crippen molar-refractivity contribution in [2.45, 2.75) is 32.6 Å². The van der Waals surface area contributed by atoms with E-state index in [0.29, 0.717) is 35.9 Å². The third-order valence-electron chi connectivity index (χ3n) is 3.02. The molecule has 0 bridgehead atoms. The molecule has 0 amide bonds. The fourth-order valence-corrected chi connectivity index (χ4v) is 4.00. The summed E-state index contributed by atoms with van der Waals surface area (Å²) in [5.41, 5.74) is 1.13. The number of nitrogens with zero attached hydrogens (tertiary/aromatic N) is 3. The molecule has 0 aromatic carbocycles. The van der Waals surface area contributed by atoms with Crippen molar-refractivity contribution < 1.29 is 8.42 Å². The molecule has 0 radical (unpaired) electrons. The van der Waals surface area contributed by atoms with E-state index in [1.54, 1.807) is 18.2 Å². The first-order chi connectivity index (χ1) is 9.16. The van der Waals surface area contributed by atoms with Crippen molar-refractivity contribution in [1.29, 1.82) is 0 Å². The van der Waals surface area contributed by atoms with Crippen LogP contribution in [0.1, 0.15) is 25.2 Å². The van der Waals surface area contributed by atoms with Gasteiger partial charge in [0.05, 0.1) is 11.4 Å². The lowest BCUT2D eigenvalue weighted by molar-refractivity contribution is 0.312. The van der Waals surface area contributed by atoms with Gasteiger partial charge in [-0.2, -0.15) is 9.40 Å². The van der Waals surface area contributed by atoms with E-state index in [1.165, 1.54) is 0 Å². The van der Waals surface area contributed by atoms with Crippen molar-refractivity contribution in [2.75, 3.05) is 33.7 Å². The van der Waals surface area contributed by atoms with Crippen molar-refractivity contribution in [3.05, 3.63) is 11.4 Å². The van der Waals surface area contributed by atoms with Crippen LogP contribution in [-0.2, 0) is 10.0 Å². The van der Waals surface area contributed by atoms with E-state index in [-0.39, 0.29) is 5.92 Å². The topological polar surface area (TPSA) is 69.3 Å². The average molecular weight is 302 g/mol. The van der Waals surface area contributed by atoms with Crippen LogP contribution < -0.4 is 0 Å². The highest BCUT2D eigenvalue weighted by atomic mass is 32.2. The summed E-state index contributed by atoms with van der Waals surface area (Å²) >= 11 is 0. The SMILES string of the molecule is Cc1n[nH]c(C)c1S(=O)(=O)N(CCN(C)C)CC(C)C. The summed E-state index contributed by atoms with van der Waals surface area (Å²) in [5, 5.41) is 6.75. The molecule has 116 valence electrons. The molecule has 0 aliphatic heterocycles. The fraction of sp³-hybridized carbons (Fsp3) is 0.769. The van der Waals surface area contributed by atoms with Gasteiger partial charge in [-0.15, -0.1) is 0 Å². The summed E-state index contributed by atoms with van der Waals surface area (Å²) in [5.74, 6) is 0.277. The summed E-state index contributed by atoms with van der Waals surface area (Å²) in [6.45, 7) is 9.20. The van der Waals surface area contributed by atoms with Gasteiger partial charge >= 0.3 is 0 Å². The van der Waals surface area contributed by atoms with E-state index in [9.17, 15) is 8.42 Å². The number of likely N-dealkylation sites (N-methyl/N-ethyl adjacent to an activating group) is 1. The first-order valence-corrected chi connectivity index (χ1v) is 8.26. The lowest BCUT2D eigenvalue weighted by atomic mass is 10.2. The zero-order valence-corrected chi connectivity index (χ0v) is 14.1. The van der Waals surface area contributed by atoms with Gasteiger partial charge in [-0.3, -0.25) is 5.10 Å². The van der Waals surface area contributed by atoms with E-state index in [2.05, 4.69) is 10.2 Å². The molecule has 0 saturated heterocycles. The van der Waals surface area contributed by atoms with Crippen molar-refractivity contribution in [1.82, 2.24) is 19.4 Å². The van der Waals surface area contributed by atoms with Gasteiger partial charge < -0.3 is 4.90 Å². The molecule has 0 fully saturated rings. The maximum atomic E-state index is 12.8. The van der Waals surface area contributed by atoms with Crippen molar-refractivity contribution in [2.24, 2.45) is 5.92 Å². The minimum Gasteiger partial charge on any atom is -0.308 e. The predicted octanol–water partition coefficient (Wildman–Crippen LogP) is 1.23. The Bertz CT molecular complexity index is 515. The second kappa shape index (κ2) is 6.69. The Morgan fingerprint density at radius 1 is 1.20 bits per heavy atom. The van der Waals surface area contributed by atoms with Crippen LogP contribution in [0, 0.1) is 19.8 Å². The fourth-order valence-electron chi connectivity index (χ4n) is 2.08. The number of aromatic amines is 1. The first-order valence-electron chi connectivity index (χ1n) is 6.82. The Kier molecular flexibility index (Phi) is 5.73. The third kappa shape index (κ3) is 4.04. The van der Waals surface area contributed by atoms with E-state index < -0.39 is 10.0 Å². The molecule has 0 aliphatic rings. The maximum absolute atomic E-state index is 12.8. The molecule has 0 atom stereocenters. The van der Waals surface area contributed by atoms with Gasteiger partial charge in [0.15, 0.2) is 0 Å². The number of hydrogen-bond acceptors (Lipinski definition) is 4. The van der Waals surface area contributed by atoms with Crippen LogP contribution in [0.25, 0.3) is 0 Å². The standard InChI is InChI=1S/C13H26N4O2S/c1-10(2)9-17(8-7-16(5)6)20(18,19)13-11(3)14-15-12(13)4/h10H,7-9H2,1-6H3,(H,14,15). The second-order valence-electron chi connectivity index (χ2n) is 5.82. The number of rotatable bonds is 7. The Morgan fingerprint density at radius 3 is 2.20 bits per heavy atom. The van der Waals surface area contributed by atoms with Gasteiger partial charge in [-0.05, 0) is 33.9 Å². The molecular weight excluding hydrogens is 276 g/mol. The summed E-state index contributed by atoms with van der Waals surface area (Å²) < 4.78 is 27.2. The van der Waals surface area contributed by atoms with Crippen LogP contribution in [0.5, 0.6) is 0 Å². The summed E-state index contributed by atoms with van der Waals surface area (Å²) in [6, 6.07) is 0. The Hall–Kier alpha value is -0.920. The normalized spacial score (nSPS) is 12.8. The van der Waals surface area contributed by atoms with E-state index in [0.717, 1.165) is 0 Å². The Balaban J connectivity index is 3.10. The number of nitrogens with one attached hydrogen (secondary N) is 1. The van der Waals surface area contributed by atoms with Crippen LogP contribution in [0.2, 0.25) is 0 Å². The Labute approximate surface area is 122 Å². The Morgan fingerprint density at radius 2 is 1.80 bits per heavy atom. The lowest BCUT2D eigenvalue weighted by Crippen LogP contribution is -2.39. The van der Waals surface area contributed by atoms with Gasteiger partial charge in [-0.25, -0.2) is 8.42 Å². The molecule has 20 heavy (non-hydrogen) atoms. The molecule has 7 heteroatoms. The zero-order valence-electron chi connectivity index (χ0n) is 13.3. The van der Waals surface area contributed by atoms with Crippen molar-refractivity contribution >= 4 is 10.0 Å². The van der Waals surface area contributed by atoms with E-state index in [1.807, 2.05) is 32.8 Å². The molecule has 0 unspecified atom stereocenters. The summed E-state index contributed by atoms with van der Waals surface area (Å²) in [7, 11) is 0.381. The van der Waals surface area contributed by atoms with Gasteiger partial charge in [0.25, 0.3) is 0 Å². The number of H-pyrrole nitrogens is 1. The van der Waals surface area contributed by atoms with Gasteiger partial charge in [-0.1, -0.05) is 13.8 Å². The minimum absolute atomic E-state index is 0.277. The zero-order chi connectivity index (χ0) is 15.5. The summed E-state index contributed by atoms with van der Waals surface area (Å²) in [4.78, 5) is 2.30. The molecule has 0 saturated carbocycles. The quantitative estimate of drug-likeness (QED) is 0.822. The molecular formula is C13H26N4O2S.